The van der Waals surface area contributed by atoms with Crippen LogP contribution >= 0.6 is 11.8 Å². The third-order valence-corrected chi connectivity index (χ3v) is 4.99. The van der Waals surface area contributed by atoms with Gasteiger partial charge in [0.15, 0.2) is 5.16 Å². The number of aromatic hydroxyl groups is 1. The molecule has 2 heterocycles. The van der Waals surface area contributed by atoms with Crippen molar-refractivity contribution in [3.05, 3.63) is 40.1 Å². The van der Waals surface area contributed by atoms with Crippen molar-refractivity contribution in [1.29, 1.82) is 0 Å². The zero-order valence-electron chi connectivity index (χ0n) is 13.2. The molecule has 8 heteroatoms. The lowest BCUT2D eigenvalue weighted by molar-refractivity contribution is 0.0600. The average Bonchev–Trinajstić information content (AvgIpc) is 3.23. The molecule has 0 aromatic carbocycles. The van der Waals surface area contributed by atoms with Crippen LogP contribution in [0.15, 0.2) is 32.8 Å². The average molecular weight is 350 g/mol. The van der Waals surface area contributed by atoms with Crippen molar-refractivity contribution >= 4 is 17.7 Å². The first kappa shape index (κ1) is 16.6. The number of carbonyl (C=O) groups is 1. The van der Waals surface area contributed by atoms with E-state index in [1.54, 1.807) is 10.6 Å². The summed E-state index contributed by atoms with van der Waals surface area (Å²) < 4.78 is 11.6. The van der Waals surface area contributed by atoms with E-state index in [1.807, 2.05) is 0 Å². The summed E-state index contributed by atoms with van der Waals surface area (Å²) in [5.41, 5.74) is 0.0942. The van der Waals surface area contributed by atoms with Crippen molar-refractivity contribution in [2.45, 2.75) is 42.6 Å². The number of aromatic nitrogens is 2. The van der Waals surface area contributed by atoms with E-state index in [1.165, 1.54) is 25.1 Å². The molecule has 1 N–H and O–H groups in total. The van der Waals surface area contributed by atoms with E-state index in [0.29, 0.717) is 22.2 Å². The molecule has 7 nitrogen and oxygen atoms in total. The van der Waals surface area contributed by atoms with Crippen molar-refractivity contribution in [1.82, 2.24) is 9.55 Å². The monoisotopic (exact) mass is 350 g/mol. The van der Waals surface area contributed by atoms with Gasteiger partial charge in [0.25, 0.3) is 5.56 Å². The maximum absolute atomic E-state index is 12.3. The van der Waals surface area contributed by atoms with Gasteiger partial charge < -0.3 is 14.3 Å². The molecule has 2 aromatic rings. The first-order valence-electron chi connectivity index (χ1n) is 7.69. The summed E-state index contributed by atoms with van der Waals surface area (Å²) in [6.45, 7) is 0. The summed E-state index contributed by atoms with van der Waals surface area (Å²) in [4.78, 5) is 27.8. The molecule has 0 radical (unpaired) electrons. The molecule has 0 atom stereocenters. The lowest BCUT2D eigenvalue weighted by Gasteiger charge is -2.17. The van der Waals surface area contributed by atoms with Crippen LogP contribution in [0, 0.1) is 0 Å². The van der Waals surface area contributed by atoms with Gasteiger partial charge in [0.1, 0.15) is 12.0 Å². The van der Waals surface area contributed by atoms with Gasteiger partial charge in [-0.25, -0.2) is 4.79 Å². The molecule has 0 saturated heterocycles. The summed E-state index contributed by atoms with van der Waals surface area (Å²) >= 11 is 1.29. The quantitative estimate of drug-likeness (QED) is 0.503. The summed E-state index contributed by atoms with van der Waals surface area (Å²) in [5, 5.41) is 10.1. The number of ether oxygens (including phenoxy) is 1. The highest BCUT2D eigenvalue weighted by Gasteiger charge is 2.22. The molecule has 2 aromatic heterocycles. The Morgan fingerprint density at radius 3 is 2.92 bits per heavy atom. The van der Waals surface area contributed by atoms with Crippen molar-refractivity contribution in [3.63, 3.8) is 0 Å². The molecule has 3 rings (SSSR count). The SMILES string of the molecule is COC(=O)c1coc(CSc2nc(O)cc(=O)n2C2CCCC2)c1. The number of methoxy groups -OCH3 is 1. The number of hydrogen-bond acceptors (Lipinski definition) is 7. The second-order valence-electron chi connectivity index (χ2n) is 5.63. The Labute approximate surface area is 142 Å². The van der Waals surface area contributed by atoms with E-state index in [4.69, 9.17) is 4.42 Å². The Balaban J connectivity index is 1.80. The van der Waals surface area contributed by atoms with E-state index in [-0.39, 0.29) is 17.5 Å². The molecule has 0 amide bonds. The van der Waals surface area contributed by atoms with Crippen LogP contribution in [-0.4, -0.2) is 27.7 Å². The van der Waals surface area contributed by atoms with Crippen LogP contribution in [0.1, 0.15) is 47.8 Å². The molecule has 1 aliphatic carbocycles. The first-order chi connectivity index (χ1) is 11.6. The van der Waals surface area contributed by atoms with Gasteiger partial charge in [-0.3, -0.25) is 9.36 Å². The zero-order chi connectivity index (χ0) is 17.1. The smallest absolute Gasteiger partial charge is 0.341 e. The maximum Gasteiger partial charge on any atom is 0.341 e. The highest BCUT2D eigenvalue weighted by atomic mass is 32.2. The minimum Gasteiger partial charge on any atom is -0.493 e. The maximum atomic E-state index is 12.3. The molecule has 1 aliphatic rings. The van der Waals surface area contributed by atoms with Gasteiger partial charge in [0, 0.05) is 6.04 Å². The third kappa shape index (κ3) is 3.48. The molecule has 0 bridgehead atoms. The topological polar surface area (TPSA) is 94.6 Å². The molecule has 0 spiro atoms. The van der Waals surface area contributed by atoms with Gasteiger partial charge in [-0.1, -0.05) is 24.6 Å². The van der Waals surface area contributed by atoms with Crippen LogP contribution in [0.25, 0.3) is 0 Å². The highest BCUT2D eigenvalue weighted by molar-refractivity contribution is 7.98. The van der Waals surface area contributed by atoms with Crippen molar-refractivity contribution in [3.8, 4) is 5.88 Å². The number of furan rings is 1. The second kappa shape index (κ2) is 7.12. The van der Waals surface area contributed by atoms with Gasteiger partial charge in [0.05, 0.1) is 24.5 Å². The number of carbonyl (C=O) groups excluding carboxylic acids is 1. The van der Waals surface area contributed by atoms with Gasteiger partial charge in [-0.05, 0) is 18.9 Å². The Kier molecular flexibility index (Phi) is 4.94. The van der Waals surface area contributed by atoms with E-state index >= 15 is 0 Å². The van der Waals surface area contributed by atoms with Crippen LogP contribution < -0.4 is 5.56 Å². The van der Waals surface area contributed by atoms with E-state index in [0.717, 1.165) is 31.7 Å². The molecular formula is C16H18N2O5S. The summed E-state index contributed by atoms with van der Waals surface area (Å²) in [5.74, 6) is 0.204. The summed E-state index contributed by atoms with van der Waals surface area (Å²) in [7, 11) is 1.31. The Morgan fingerprint density at radius 1 is 1.46 bits per heavy atom. The summed E-state index contributed by atoms with van der Waals surface area (Å²) in [6.07, 6.45) is 5.38. The van der Waals surface area contributed by atoms with Gasteiger partial charge >= 0.3 is 5.97 Å². The normalized spacial score (nSPS) is 14.9. The Bertz CT molecular complexity index is 792. The second-order valence-corrected chi connectivity index (χ2v) is 6.57. The predicted molar refractivity (Wildman–Crippen MR) is 87.3 cm³/mol. The lowest BCUT2D eigenvalue weighted by atomic mass is 10.2. The zero-order valence-corrected chi connectivity index (χ0v) is 14.0. The minimum absolute atomic E-state index is 0.121. The van der Waals surface area contributed by atoms with Crippen molar-refractivity contribution in [2.24, 2.45) is 0 Å². The van der Waals surface area contributed by atoms with E-state index in [2.05, 4.69) is 9.72 Å². The van der Waals surface area contributed by atoms with Crippen LogP contribution in [0.3, 0.4) is 0 Å². The van der Waals surface area contributed by atoms with Gasteiger partial charge in [-0.15, -0.1) is 0 Å². The number of thioether (sulfide) groups is 1. The van der Waals surface area contributed by atoms with Crippen LogP contribution in [0.5, 0.6) is 5.88 Å². The first-order valence-corrected chi connectivity index (χ1v) is 8.68. The minimum atomic E-state index is -0.464. The molecule has 128 valence electrons. The fraction of sp³-hybridized carbons (Fsp3) is 0.438. The van der Waals surface area contributed by atoms with Crippen molar-refractivity contribution < 1.29 is 19.1 Å². The van der Waals surface area contributed by atoms with Crippen LogP contribution in [0.4, 0.5) is 0 Å². The Morgan fingerprint density at radius 2 is 2.21 bits per heavy atom. The number of esters is 1. The van der Waals surface area contributed by atoms with Gasteiger partial charge in [-0.2, -0.15) is 4.98 Å². The standard InChI is InChI=1S/C16H18N2O5S/c1-22-15(21)10-6-12(23-8-10)9-24-16-17-13(19)7-14(20)18(16)11-4-2-3-5-11/h6-8,11,19H,2-5,9H2,1H3. The fourth-order valence-corrected chi connectivity index (χ4v) is 3.83. The number of hydrogen-bond donors (Lipinski definition) is 1. The Hall–Kier alpha value is -2.22. The largest absolute Gasteiger partial charge is 0.493 e. The van der Waals surface area contributed by atoms with E-state index in [9.17, 15) is 14.7 Å². The van der Waals surface area contributed by atoms with Crippen LogP contribution in [-0.2, 0) is 10.5 Å². The molecular weight excluding hydrogens is 332 g/mol. The third-order valence-electron chi connectivity index (χ3n) is 4.01. The van der Waals surface area contributed by atoms with Crippen molar-refractivity contribution in [2.75, 3.05) is 7.11 Å². The number of rotatable bonds is 5. The van der Waals surface area contributed by atoms with E-state index < -0.39 is 5.97 Å². The highest BCUT2D eigenvalue weighted by Crippen LogP contribution is 2.32. The summed E-state index contributed by atoms with van der Waals surface area (Å²) in [6, 6.07) is 2.86. The molecule has 0 aliphatic heterocycles. The lowest BCUT2D eigenvalue weighted by Crippen LogP contribution is -2.25. The molecule has 1 saturated carbocycles. The number of nitrogens with zero attached hydrogens (tertiary/aromatic N) is 2. The van der Waals surface area contributed by atoms with Gasteiger partial charge in [0.2, 0.25) is 5.88 Å². The molecule has 24 heavy (non-hydrogen) atoms. The van der Waals surface area contributed by atoms with Crippen LogP contribution in [0.2, 0.25) is 0 Å². The fourth-order valence-electron chi connectivity index (χ4n) is 2.88. The molecule has 1 fully saturated rings. The molecule has 0 unspecified atom stereocenters. The predicted octanol–water partition coefficient (Wildman–Crippen LogP) is 2.74.